The monoisotopic (exact) mass is 792 g/mol. The fourth-order valence-electron chi connectivity index (χ4n) is 9.92. The third-order valence-electron chi connectivity index (χ3n) is 13.5. The van der Waals surface area contributed by atoms with Gasteiger partial charge in [-0.1, -0.05) is 58.0 Å². The van der Waals surface area contributed by atoms with E-state index in [-0.39, 0.29) is 39.3 Å². The maximum absolute atomic E-state index is 9.78. The third-order valence-corrected chi connectivity index (χ3v) is 13.5. The molecule has 0 radical (unpaired) electrons. The molecule has 9 rings (SSSR count). The van der Waals surface area contributed by atoms with Crippen molar-refractivity contribution in [2.45, 2.75) is 113 Å². The van der Waals surface area contributed by atoms with Crippen LogP contribution in [-0.2, 0) is 0 Å². The van der Waals surface area contributed by atoms with Gasteiger partial charge in [-0.2, -0.15) is 0 Å². The number of hydrogen-bond acceptors (Lipinski definition) is 5. The zero-order valence-corrected chi connectivity index (χ0v) is 34.9. The lowest BCUT2D eigenvalue weighted by Gasteiger charge is -2.49. The Morgan fingerprint density at radius 3 is 2.29 bits per heavy atom. The van der Waals surface area contributed by atoms with Crippen molar-refractivity contribution in [1.29, 1.82) is 0 Å². The minimum absolute atomic E-state index is 0.0270. The Kier molecular flexibility index (Phi) is 7.41. The average Bonchev–Trinajstić information content (AvgIpc) is 3.64. The molecule has 2 aliphatic carbocycles. The van der Waals surface area contributed by atoms with Crippen LogP contribution in [0.5, 0.6) is 11.5 Å². The first kappa shape index (κ1) is 29.0. The van der Waals surface area contributed by atoms with Gasteiger partial charge in [0.2, 0.25) is 5.71 Å². The highest BCUT2D eigenvalue weighted by Crippen LogP contribution is 2.56. The molecule has 3 unspecified atom stereocenters. The van der Waals surface area contributed by atoms with Gasteiger partial charge in [0.1, 0.15) is 17.1 Å². The van der Waals surface area contributed by atoms with Crippen LogP contribution in [-0.4, -0.2) is 15.0 Å². The van der Waals surface area contributed by atoms with E-state index in [2.05, 4.69) is 45.7 Å². The van der Waals surface area contributed by atoms with Crippen molar-refractivity contribution in [2.24, 2.45) is 22.6 Å². The minimum Gasteiger partial charge on any atom is -0.457 e. The van der Waals surface area contributed by atoms with Gasteiger partial charge in [0.05, 0.1) is 11.4 Å². The van der Waals surface area contributed by atoms with Crippen molar-refractivity contribution < 1.29 is 22.9 Å². The first-order chi connectivity index (χ1) is 32.2. The normalized spacial score (nSPS) is 24.6. The number of pyridine rings is 3. The molecule has 5 nitrogen and oxygen atoms in total. The van der Waals surface area contributed by atoms with Gasteiger partial charge in [-0.3, -0.25) is 9.97 Å². The lowest BCUT2D eigenvalue weighted by molar-refractivity contribution is 0.0289. The fourth-order valence-corrected chi connectivity index (χ4v) is 9.92. The highest BCUT2D eigenvalue weighted by molar-refractivity contribution is 6.09. The minimum atomic E-state index is -2.79. The summed E-state index contributed by atoms with van der Waals surface area (Å²) in [6, 6.07) is 23.0. The Morgan fingerprint density at radius 2 is 1.53 bits per heavy atom. The Hall–Kier alpha value is -5.29. The van der Waals surface area contributed by atoms with E-state index in [0.29, 0.717) is 56.3 Å². The van der Waals surface area contributed by atoms with Crippen molar-refractivity contribution in [2.75, 3.05) is 0 Å². The van der Waals surface area contributed by atoms with Crippen LogP contribution in [0.1, 0.15) is 126 Å². The number of benzene rings is 3. The number of nitrogens with zero attached hydrogens (tertiary/aromatic N) is 3. The number of furan rings is 1. The van der Waals surface area contributed by atoms with Gasteiger partial charge in [0.15, 0.2) is 0 Å². The Morgan fingerprint density at radius 1 is 0.746 bits per heavy atom. The van der Waals surface area contributed by atoms with Crippen LogP contribution in [0.3, 0.4) is 0 Å². The van der Waals surface area contributed by atoms with E-state index in [1.165, 1.54) is 17.7 Å². The van der Waals surface area contributed by atoms with Gasteiger partial charge in [-0.15, -0.1) is 0 Å². The van der Waals surface area contributed by atoms with Crippen molar-refractivity contribution in [3.63, 3.8) is 0 Å². The van der Waals surface area contributed by atoms with Crippen LogP contribution in [0.2, 0.25) is 0 Å². The molecular formula is C54H59N3O2. The van der Waals surface area contributed by atoms with Gasteiger partial charge in [-0.05, 0) is 195 Å². The van der Waals surface area contributed by atoms with E-state index in [9.17, 15) is 1.37 Å². The molecule has 2 aliphatic rings. The first-order valence-electron chi connectivity index (χ1n) is 26.0. The molecular weight excluding hydrogens is 723 g/mol. The summed E-state index contributed by atoms with van der Waals surface area (Å²) in [4.78, 5) is 14.2. The lowest BCUT2D eigenvalue weighted by Crippen LogP contribution is -2.38. The summed E-state index contributed by atoms with van der Waals surface area (Å²) < 4.78 is 98.7. The number of fused-ring (bicyclic) bond motifs is 3. The quantitative estimate of drug-likeness (QED) is 0.161. The molecule has 59 heavy (non-hydrogen) atoms. The summed E-state index contributed by atoms with van der Waals surface area (Å²) in [5.41, 5.74) is 5.98. The summed E-state index contributed by atoms with van der Waals surface area (Å²) in [7, 11) is 0. The van der Waals surface area contributed by atoms with Crippen LogP contribution in [0.15, 0.2) is 95.7 Å². The molecule has 0 bridgehead atoms. The molecule has 2 fully saturated rings. The van der Waals surface area contributed by atoms with E-state index in [1.54, 1.807) is 36.4 Å². The van der Waals surface area contributed by atoms with Gasteiger partial charge in [0, 0.05) is 53.7 Å². The van der Waals surface area contributed by atoms with E-state index in [0.717, 1.165) is 67.8 Å². The van der Waals surface area contributed by atoms with Gasteiger partial charge >= 0.3 is 0 Å². The largest absolute Gasteiger partial charge is 0.457 e. The molecule has 302 valence electrons. The van der Waals surface area contributed by atoms with Crippen molar-refractivity contribution in [3.8, 4) is 45.1 Å². The number of aryl methyl sites for hydroxylation is 4. The highest BCUT2D eigenvalue weighted by Gasteiger charge is 2.44. The molecule has 4 heterocycles. The van der Waals surface area contributed by atoms with Crippen molar-refractivity contribution >= 4 is 22.1 Å². The van der Waals surface area contributed by atoms with E-state index in [1.807, 2.05) is 37.4 Å². The molecule has 5 heteroatoms. The predicted molar refractivity (Wildman–Crippen MR) is 243 cm³/mol. The number of aromatic nitrogens is 3. The maximum Gasteiger partial charge on any atom is 0.227 e. The second-order valence-electron chi connectivity index (χ2n) is 18.3. The lowest BCUT2D eigenvalue weighted by atomic mass is 9.56. The second-order valence-corrected chi connectivity index (χ2v) is 18.3. The van der Waals surface area contributed by atoms with Crippen molar-refractivity contribution in [3.05, 3.63) is 125 Å². The summed E-state index contributed by atoms with van der Waals surface area (Å²) in [6.07, 6.45) is 9.88. The molecule has 0 saturated heterocycles. The molecule has 3 aromatic carbocycles. The van der Waals surface area contributed by atoms with Gasteiger partial charge < -0.3 is 9.15 Å². The molecule has 4 aromatic heterocycles. The second kappa shape index (κ2) is 15.1. The molecule has 0 amide bonds. The zero-order valence-electron chi connectivity index (χ0n) is 44.9. The molecule has 2 saturated carbocycles. The van der Waals surface area contributed by atoms with Crippen LogP contribution < -0.4 is 4.74 Å². The van der Waals surface area contributed by atoms with E-state index < -0.39 is 32.0 Å². The third kappa shape index (κ3) is 7.47. The summed E-state index contributed by atoms with van der Waals surface area (Å²) in [5, 5.41) is 1.42. The van der Waals surface area contributed by atoms with Crippen LogP contribution in [0, 0.1) is 57.0 Å². The van der Waals surface area contributed by atoms with E-state index in [4.69, 9.17) is 31.5 Å². The standard InChI is InChI=1S/C54H59N3O2/c1-32-23-48(55-30-34(32)3)39-24-45(38-13-11-10-12-14-38)37(6)50(25-39)58-41-26-46-43-16-15-36(5)57-52(43)59-51(46)47(27-41)49-28-44(35(4)31-56-49)42-19-22-54(9,29-33(42)2)40-17-20-53(7,8)21-18-40/h10-16,23-28,30-31,33,40,42H,17-22,29H2,1-9H3/i1D3,3D3,6D3,40D. The number of rotatable bonds is 7. The van der Waals surface area contributed by atoms with E-state index >= 15 is 0 Å². The van der Waals surface area contributed by atoms with Gasteiger partial charge in [0.25, 0.3) is 0 Å². The molecule has 3 atom stereocenters. The molecule has 0 N–H and O–H groups in total. The van der Waals surface area contributed by atoms with Gasteiger partial charge in [-0.25, -0.2) is 4.98 Å². The Balaban J connectivity index is 1.19. The average molecular weight is 792 g/mol. The van der Waals surface area contributed by atoms with Crippen LogP contribution in [0.25, 0.3) is 55.7 Å². The molecule has 0 aliphatic heterocycles. The van der Waals surface area contributed by atoms with Crippen LogP contribution in [0.4, 0.5) is 0 Å². The summed E-state index contributed by atoms with van der Waals surface area (Å²) >= 11 is 0. The predicted octanol–water partition coefficient (Wildman–Crippen LogP) is 15.2. The molecule has 7 aromatic rings. The number of hydrogen-bond donors (Lipinski definition) is 0. The topological polar surface area (TPSA) is 61.0 Å². The van der Waals surface area contributed by atoms with Crippen LogP contribution >= 0.6 is 0 Å². The zero-order chi connectivity index (χ0) is 49.6. The SMILES string of the molecule is [2H]C([2H])([2H])c1cnc(-c2cc(Oc3cc(-c4cc(C5CCC(C)(C6([2H])CCC(C)(C)CC6)CC5C)c(C)cn4)c4oc5nc(C)ccc5c4c3)c(C([2H])([2H])[2H])c(-c3ccccc3)c2)cc1C([2H])([2H])[2H]. The highest BCUT2D eigenvalue weighted by atomic mass is 16.5. The maximum atomic E-state index is 9.78. The first-order valence-corrected chi connectivity index (χ1v) is 21.0. The Labute approximate surface area is 364 Å². The Bertz CT molecular complexity index is 3090. The molecule has 0 spiro atoms. The fraction of sp³-hybridized carbons (Fsp3) is 0.389. The van der Waals surface area contributed by atoms with Crippen molar-refractivity contribution in [1.82, 2.24) is 15.0 Å². The summed E-state index contributed by atoms with van der Waals surface area (Å²) in [6.45, 7) is 5.11. The summed E-state index contributed by atoms with van der Waals surface area (Å²) in [5.74, 6) is 0.386. The smallest absolute Gasteiger partial charge is 0.227 e. The number of ether oxygens (including phenoxy) is 1.